The first-order chi connectivity index (χ1) is 8.54. The van der Waals surface area contributed by atoms with Crippen LogP contribution in [0.2, 0.25) is 0 Å². The number of hydrogen-bond donors (Lipinski definition) is 1. The molecule has 0 aliphatic carbocycles. The smallest absolute Gasteiger partial charge is 0.422 e. The molecule has 0 saturated carbocycles. The molecule has 0 radical (unpaired) electrons. The van der Waals surface area contributed by atoms with E-state index in [1.165, 1.54) is 26.2 Å². The summed E-state index contributed by atoms with van der Waals surface area (Å²) in [6.45, 7) is -1.54. The van der Waals surface area contributed by atoms with Crippen molar-refractivity contribution in [1.82, 2.24) is 4.31 Å². The molecule has 1 rings (SSSR count). The summed E-state index contributed by atoms with van der Waals surface area (Å²) in [7, 11) is -1.14. The minimum absolute atomic E-state index is 0.0676. The molecule has 0 fully saturated rings. The number of sulfonamides is 1. The molecule has 0 unspecified atom stereocenters. The van der Waals surface area contributed by atoms with Gasteiger partial charge >= 0.3 is 6.18 Å². The Bertz CT molecular complexity index is 556. The lowest BCUT2D eigenvalue weighted by Gasteiger charge is -2.15. The molecule has 0 atom stereocenters. The Morgan fingerprint density at radius 2 is 1.89 bits per heavy atom. The number of benzene rings is 1. The summed E-state index contributed by atoms with van der Waals surface area (Å²) >= 11 is 0. The number of hydrogen-bond acceptors (Lipinski definition) is 4. The van der Waals surface area contributed by atoms with E-state index in [0.29, 0.717) is 0 Å². The number of alkyl halides is 3. The maximum Gasteiger partial charge on any atom is 0.422 e. The fourth-order valence-electron chi connectivity index (χ4n) is 1.17. The van der Waals surface area contributed by atoms with Gasteiger partial charge in [-0.2, -0.15) is 13.2 Å². The molecule has 0 aliphatic heterocycles. The normalized spacial score (nSPS) is 12.7. The highest BCUT2D eigenvalue weighted by molar-refractivity contribution is 7.89. The van der Waals surface area contributed by atoms with Crippen molar-refractivity contribution in [3.05, 3.63) is 18.2 Å². The molecular formula is C10H13F3N2O3S. The largest absolute Gasteiger partial charge is 0.482 e. The predicted octanol–water partition coefficient (Wildman–Crippen LogP) is 1.46. The van der Waals surface area contributed by atoms with Gasteiger partial charge in [-0.15, -0.1) is 0 Å². The van der Waals surface area contributed by atoms with Crippen LogP contribution in [-0.4, -0.2) is 39.6 Å². The fraction of sp³-hybridized carbons (Fsp3) is 0.400. The monoisotopic (exact) mass is 298 g/mol. The highest BCUT2D eigenvalue weighted by atomic mass is 32.2. The first-order valence-corrected chi connectivity index (χ1v) is 6.49. The van der Waals surface area contributed by atoms with Crippen molar-refractivity contribution >= 4 is 15.7 Å². The van der Waals surface area contributed by atoms with Crippen LogP contribution in [0.5, 0.6) is 5.75 Å². The zero-order valence-corrected chi connectivity index (χ0v) is 11.0. The number of rotatable bonds is 4. The highest BCUT2D eigenvalue weighted by Crippen LogP contribution is 2.28. The molecule has 0 aliphatic rings. The number of nitrogen functional groups attached to an aromatic ring is 1. The van der Waals surface area contributed by atoms with E-state index in [2.05, 4.69) is 4.74 Å². The Morgan fingerprint density at radius 1 is 1.32 bits per heavy atom. The van der Waals surface area contributed by atoms with Gasteiger partial charge in [0.05, 0.1) is 10.6 Å². The first-order valence-electron chi connectivity index (χ1n) is 5.05. The molecule has 0 aromatic heterocycles. The molecule has 9 heteroatoms. The van der Waals surface area contributed by atoms with E-state index in [0.717, 1.165) is 10.4 Å². The van der Waals surface area contributed by atoms with Crippen molar-refractivity contribution in [3.8, 4) is 5.75 Å². The first kappa shape index (κ1) is 15.6. The summed E-state index contributed by atoms with van der Waals surface area (Å²) in [5.74, 6) is -0.319. The second kappa shape index (κ2) is 5.25. The van der Waals surface area contributed by atoms with Crippen molar-refractivity contribution in [1.29, 1.82) is 0 Å². The maximum absolute atomic E-state index is 12.0. The lowest BCUT2D eigenvalue weighted by atomic mass is 10.3. The van der Waals surface area contributed by atoms with Crippen LogP contribution in [0.15, 0.2) is 23.1 Å². The van der Waals surface area contributed by atoms with Gasteiger partial charge in [0.15, 0.2) is 6.61 Å². The SMILES string of the molecule is CN(C)S(=O)(=O)c1ccc(N)c(OCC(F)(F)F)c1. The Morgan fingerprint density at radius 3 is 2.37 bits per heavy atom. The third kappa shape index (κ3) is 4.00. The van der Waals surface area contributed by atoms with Gasteiger partial charge in [-0.25, -0.2) is 12.7 Å². The molecule has 5 nitrogen and oxygen atoms in total. The number of anilines is 1. The zero-order valence-electron chi connectivity index (χ0n) is 10.2. The predicted molar refractivity (Wildman–Crippen MR) is 63.3 cm³/mol. The summed E-state index contributed by atoms with van der Waals surface area (Å²) in [4.78, 5) is -0.191. The number of nitrogens with zero attached hydrogens (tertiary/aromatic N) is 1. The molecule has 1 aromatic carbocycles. The minimum Gasteiger partial charge on any atom is -0.482 e. The third-order valence-corrected chi connectivity index (χ3v) is 3.97. The van der Waals surface area contributed by atoms with Gasteiger partial charge in [-0.1, -0.05) is 0 Å². The summed E-state index contributed by atoms with van der Waals surface area (Å²) < 4.78 is 65.2. The molecule has 1 aromatic rings. The van der Waals surface area contributed by atoms with E-state index in [4.69, 9.17) is 5.73 Å². The summed E-state index contributed by atoms with van der Waals surface area (Å²) in [6.07, 6.45) is -4.52. The van der Waals surface area contributed by atoms with E-state index in [1.54, 1.807) is 0 Å². The van der Waals surface area contributed by atoms with Gasteiger partial charge in [-0.3, -0.25) is 0 Å². The van der Waals surface area contributed by atoms with E-state index < -0.39 is 22.8 Å². The fourth-order valence-corrected chi connectivity index (χ4v) is 2.09. The quantitative estimate of drug-likeness (QED) is 0.854. The number of ether oxygens (including phenoxy) is 1. The molecule has 0 amide bonds. The second-order valence-corrected chi connectivity index (χ2v) is 6.04. The van der Waals surface area contributed by atoms with Crippen LogP contribution in [0.3, 0.4) is 0 Å². The molecule has 0 heterocycles. The van der Waals surface area contributed by atoms with Gasteiger partial charge in [-0.05, 0) is 12.1 Å². The Hall–Kier alpha value is -1.48. The summed E-state index contributed by atoms with van der Waals surface area (Å²) in [6, 6.07) is 3.35. The summed E-state index contributed by atoms with van der Waals surface area (Å²) in [5, 5.41) is 0. The van der Waals surface area contributed by atoms with Crippen LogP contribution in [0.4, 0.5) is 18.9 Å². The van der Waals surface area contributed by atoms with Crippen LogP contribution in [0.1, 0.15) is 0 Å². The summed E-state index contributed by atoms with van der Waals surface area (Å²) in [5.41, 5.74) is 5.37. The molecular weight excluding hydrogens is 285 g/mol. The maximum atomic E-state index is 12.0. The number of nitrogens with two attached hydrogens (primary N) is 1. The molecule has 19 heavy (non-hydrogen) atoms. The van der Waals surface area contributed by atoms with Crippen LogP contribution in [-0.2, 0) is 10.0 Å². The van der Waals surface area contributed by atoms with E-state index >= 15 is 0 Å². The molecule has 0 bridgehead atoms. The lowest BCUT2D eigenvalue weighted by molar-refractivity contribution is -0.153. The molecule has 2 N–H and O–H groups in total. The van der Waals surface area contributed by atoms with Gasteiger partial charge in [0.1, 0.15) is 5.75 Å². The van der Waals surface area contributed by atoms with E-state index in [-0.39, 0.29) is 16.3 Å². The van der Waals surface area contributed by atoms with Crippen molar-refractivity contribution in [3.63, 3.8) is 0 Å². The van der Waals surface area contributed by atoms with Gasteiger partial charge in [0.2, 0.25) is 10.0 Å². The van der Waals surface area contributed by atoms with Crippen molar-refractivity contribution in [2.24, 2.45) is 0 Å². The highest BCUT2D eigenvalue weighted by Gasteiger charge is 2.29. The Balaban J connectivity index is 3.08. The van der Waals surface area contributed by atoms with Crippen LogP contribution in [0.25, 0.3) is 0 Å². The van der Waals surface area contributed by atoms with Crippen molar-refractivity contribution in [2.75, 3.05) is 26.4 Å². The Kier molecular flexibility index (Phi) is 4.31. The standard InChI is InChI=1S/C10H13F3N2O3S/c1-15(2)19(16,17)7-3-4-8(14)9(5-7)18-6-10(11,12)13/h3-5H,6,14H2,1-2H3. The third-order valence-electron chi connectivity index (χ3n) is 2.15. The van der Waals surface area contributed by atoms with Crippen LogP contribution >= 0.6 is 0 Å². The topological polar surface area (TPSA) is 72.6 Å². The molecule has 0 spiro atoms. The van der Waals surface area contributed by atoms with Crippen molar-refractivity contribution < 1.29 is 26.3 Å². The minimum atomic E-state index is -4.52. The number of halogens is 3. The van der Waals surface area contributed by atoms with Crippen molar-refractivity contribution in [2.45, 2.75) is 11.1 Å². The molecule has 108 valence electrons. The van der Waals surface area contributed by atoms with E-state index in [9.17, 15) is 21.6 Å². The van der Waals surface area contributed by atoms with Gasteiger partial charge in [0.25, 0.3) is 0 Å². The second-order valence-electron chi connectivity index (χ2n) is 3.89. The van der Waals surface area contributed by atoms with Gasteiger partial charge < -0.3 is 10.5 Å². The lowest BCUT2D eigenvalue weighted by Crippen LogP contribution is -2.23. The van der Waals surface area contributed by atoms with Gasteiger partial charge in [0, 0.05) is 20.2 Å². The average molecular weight is 298 g/mol. The van der Waals surface area contributed by atoms with Crippen LogP contribution < -0.4 is 10.5 Å². The van der Waals surface area contributed by atoms with Crippen LogP contribution in [0, 0.1) is 0 Å². The molecule has 0 saturated heterocycles. The van der Waals surface area contributed by atoms with E-state index in [1.807, 2.05) is 0 Å². The average Bonchev–Trinajstić information content (AvgIpc) is 2.26. The Labute approximate surface area is 108 Å². The zero-order chi connectivity index (χ0) is 14.8.